The van der Waals surface area contributed by atoms with Crippen LogP contribution in [0.4, 0.5) is 4.79 Å². The maximum Gasteiger partial charge on any atom is 0.407 e. The van der Waals surface area contributed by atoms with Crippen LogP contribution in [0.5, 0.6) is 0 Å². The lowest BCUT2D eigenvalue weighted by molar-refractivity contribution is -0.153. The van der Waals surface area contributed by atoms with Gasteiger partial charge in [-0.05, 0) is 46.6 Å². The van der Waals surface area contributed by atoms with Gasteiger partial charge >= 0.3 is 12.1 Å². The molecule has 0 spiro atoms. The lowest BCUT2D eigenvalue weighted by Gasteiger charge is -2.19. The number of hydrogen-bond donors (Lipinski definition) is 7. The molecule has 0 bridgehead atoms. The van der Waals surface area contributed by atoms with Gasteiger partial charge in [0.15, 0.2) is 6.10 Å². The minimum absolute atomic E-state index is 0.00821. The van der Waals surface area contributed by atoms with Gasteiger partial charge in [0, 0.05) is 25.3 Å². The number of amides is 6. The summed E-state index contributed by atoms with van der Waals surface area (Å²) in [5.74, 6) is -4.22. The van der Waals surface area contributed by atoms with Gasteiger partial charge in [-0.3, -0.25) is 24.0 Å². The van der Waals surface area contributed by atoms with Crippen molar-refractivity contribution in [2.45, 2.75) is 43.7 Å². The number of fused-ring (bicyclic) bond motifs is 3. The number of ether oxygens (including phenoxy) is 10. The van der Waals surface area contributed by atoms with Gasteiger partial charge < -0.3 is 84.4 Å². The third kappa shape index (κ3) is 26.3. The second-order valence-electron chi connectivity index (χ2n) is 18.0. The molecule has 24 heteroatoms. The molecule has 0 aromatic heterocycles. The van der Waals surface area contributed by atoms with Crippen LogP contribution >= 0.6 is 0 Å². The first-order valence-electron chi connectivity index (χ1n) is 26.5. The summed E-state index contributed by atoms with van der Waals surface area (Å²) in [6.45, 7) is 4.71. The van der Waals surface area contributed by atoms with Gasteiger partial charge in [0.05, 0.1) is 125 Å². The van der Waals surface area contributed by atoms with Crippen molar-refractivity contribution < 1.29 is 86.0 Å². The molecular formula is C55H76N6O18. The number of hydrogen-bond acceptors (Lipinski definition) is 17. The summed E-state index contributed by atoms with van der Waals surface area (Å²) < 4.78 is 54.7. The van der Waals surface area contributed by atoms with E-state index < -0.39 is 66.8 Å². The van der Waals surface area contributed by atoms with Crippen molar-refractivity contribution >= 4 is 41.6 Å². The molecule has 7 N–H and O–H groups in total. The van der Waals surface area contributed by atoms with Crippen molar-refractivity contribution in [1.29, 1.82) is 0 Å². The van der Waals surface area contributed by atoms with Crippen LogP contribution in [0.25, 0.3) is 11.1 Å². The van der Waals surface area contributed by atoms with E-state index in [0.717, 1.165) is 18.4 Å². The number of aliphatic carboxylic acids is 1. The monoisotopic (exact) mass is 1110 g/mol. The van der Waals surface area contributed by atoms with Crippen molar-refractivity contribution in [1.82, 2.24) is 31.9 Å². The Morgan fingerprint density at radius 3 is 1.48 bits per heavy atom. The summed E-state index contributed by atoms with van der Waals surface area (Å²) in [5.41, 5.74) is 5.42. The predicted molar refractivity (Wildman–Crippen MR) is 284 cm³/mol. The zero-order valence-electron chi connectivity index (χ0n) is 44.6. The summed E-state index contributed by atoms with van der Waals surface area (Å²) in [6, 6.07) is 24.1. The molecule has 2 aliphatic rings. The first-order chi connectivity index (χ1) is 38.6. The van der Waals surface area contributed by atoms with E-state index in [2.05, 4.69) is 56.2 Å². The Morgan fingerprint density at radius 2 is 0.949 bits per heavy atom. The minimum atomic E-state index is -1.11. The molecule has 3 aromatic rings. The Balaban J connectivity index is 0.729. The Bertz CT molecular complexity index is 2260. The third-order valence-electron chi connectivity index (χ3n) is 12.0. The molecule has 0 radical (unpaired) electrons. The fraction of sp³-hybridized carbons (Fsp3) is 0.545. The molecular weight excluding hydrogens is 1030 g/mol. The molecule has 0 saturated heterocycles. The van der Waals surface area contributed by atoms with Crippen LogP contribution in [0.3, 0.4) is 0 Å². The normalized spacial score (nSPS) is 13.3. The van der Waals surface area contributed by atoms with E-state index in [1.807, 2.05) is 24.3 Å². The summed E-state index contributed by atoms with van der Waals surface area (Å²) in [6.07, 6.45) is 0.0621. The van der Waals surface area contributed by atoms with Gasteiger partial charge in [0.2, 0.25) is 29.5 Å². The van der Waals surface area contributed by atoms with Gasteiger partial charge in [0.1, 0.15) is 19.4 Å². The standard InChI is InChI=1S/C55H76N6O18/c62-48(57-35-49(63)58-37-51(65)61-47(34-40-8-2-1-3-9-40)53(66)59-36-50(64)60-39-79-52(54(67)68)41-14-15-41)16-18-70-20-22-72-24-26-74-28-30-76-32-33-77-31-29-75-27-25-73-23-21-71-19-17-56-55(69)78-38-46-44-12-6-4-10-42(44)43-11-5-7-13-45(43)46/h1-13,41,46-47,52H,14-39H2,(H,56,69)(H,57,62)(H,58,63)(H,59,66)(H,60,64)(H,61,65)(H,67,68)/t47-,52-/m0/s1. The van der Waals surface area contributed by atoms with Gasteiger partial charge in [-0.1, -0.05) is 78.9 Å². The first kappa shape index (κ1) is 63.2. The number of rotatable bonds is 44. The molecule has 0 heterocycles. The Labute approximate surface area is 459 Å². The van der Waals surface area contributed by atoms with Crippen LogP contribution in [0.2, 0.25) is 0 Å². The summed E-state index contributed by atoms with van der Waals surface area (Å²) in [5, 5.41) is 24.2. The highest BCUT2D eigenvalue weighted by atomic mass is 16.6. The number of carbonyl (C=O) groups is 7. The van der Waals surface area contributed by atoms with E-state index in [-0.39, 0.29) is 57.8 Å². The number of nitrogens with one attached hydrogen (secondary N) is 6. The van der Waals surface area contributed by atoms with Crippen molar-refractivity contribution in [3.8, 4) is 11.1 Å². The van der Waals surface area contributed by atoms with E-state index >= 15 is 0 Å². The quantitative estimate of drug-likeness (QED) is 0.0308. The van der Waals surface area contributed by atoms with E-state index in [1.165, 1.54) is 22.3 Å². The van der Waals surface area contributed by atoms with E-state index in [4.69, 9.17) is 47.4 Å². The van der Waals surface area contributed by atoms with Gasteiger partial charge in [-0.25, -0.2) is 9.59 Å². The molecule has 1 saturated carbocycles. The zero-order chi connectivity index (χ0) is 56.1. The Morgan fingerprint density at radius 1 is 0.494 bits per heavy atom. The second-order valence-corrected chi connectivity index (χ2v) is 18.0. The van der Waals surface area contributed by atoms with Crippen molar-refractivity contribution in [2.75, 3.05) is 145 Å². The average Bonchev–Trinajstić information content (AvgIpc) is 4.39. The average molecular weight is 1110 g/mol. The summed E-state index contributed by atoms with van der Waals surface area (Å²) in [4.78, 5) is 86.2. The third-order valence-corrected chi connectivity index (χ3v) is 12.0. The molecule has 2 atom stereocenters. The topological polar surface area (TPSA) is 304 Å². The van der Waals surface area contributed by atoms with E-state index in [0.29, 0.717) is 99.0 Å². The number of carbonyl (C=O) groups excluding carboxylic acids is 6. The van der Waals surface area contributed by atoms with E-state index in [1.54, 1.807) is 30.3 Å². The number of carboxylic acid groups (broad SMARTS) is 1. The molecule has 79 heavy (non-hydrogen) atoms. The molecule has 24 nitrogen and oxygen atoms in total. The van der Waals surface area contributed by atoms with Crippen LogP contribution in [0.1, 0.15) is 41.9 Å². The lowest BCUT2D eigenvalue weighted by atomic mass is 9.98. The highest BCUT2D eigenvalue weighted by Gasteiger charge is 2.37. The molecule has 6 amide bonds. The second kappa shape index (κ2) is 38.1. The van der Waals surface area contributed by atoms with Crippen LogP contribution in [0, 0.1) is 5.92 Å². The Kier molecular flexibility index (Phi) is 30.5. The van der Waals surface area contributed by atoms with Crippen LogP contribution in [-0.2, 0) is 82.6 Å². The predicted octanol–water partition coefficient (Wildman–Crippen LogP) is 1.08. The maximum atomic E-state index is 13.0. The van der Waals surface area contributed by atoms with Crippen LogP contribution < -0.4 is 31.9 Å². The van der Waals surface area contributed by atoms with E-state index in [9.17, 15) is 38.7 Å². The zero-order valence-corrected chi connectivity index (χ0v) is 44.6. The number of alkyl carbamates (subject to hydrolysis) is 1. The largest absolute Gasteiger partial charge is 0.479 e. The van der Waals surface area contributed by atoms with Crippen LogP contribution in [-0.4, -0.2) is 204 Å². The number of carboxylic acids is 1. The Hall–Kier alpha value is -6.61. The first-order valence-corrected chi connectivity index (χ1v) is 26.5. The molecule has 434 valence electrons. The SMILES string of the molecule is O=C(CCOCCOCCOCCOCCOCCOCCOCCOCCNC(=O)OCC1c2ccccc2-c2ccccc21)NCC(=O)NCC(=O)N[C@@H](Cc1ccccc1)C(=O)NCC(=O)NCO[C@H](C(=O)O)C1CC1. The van der Waals surface area contributed by atoms with Gasteiger partial charge in [-0.15, -0.1) is 0 Å². The van der Waals surface area contributed by atoms with Crippen molar-refractivity contribution in [2.24, 2.45) is 5.92 Å². The van der Waals surface area contributed by atoms with Gasteiger partial charge in [-0.2, -0.15) is 0 Å². The molecule has 2 aliphatic carbocycles. The molecule has 1 fully saturated rings. The highest BCUT2D eigenvalue weighted by molar-refractivity contribution is 5.93. The summed E-state index contributed by atoms with van der Waals surface area (Å²) >= 11 is 0. The summed E-state index contributed by atoms with van der Waals surface area (Å²) in [7, 11) is 0. The van der Waals surface area contributed by atoms with Crippen LogP contribution in [0.15, 0.2) is 78.9 Å². The number of benzene rings is 3. The molecule has 3 aromatic carbocycles. The fourth-order valence-corrected chi connectivity index (χ4v) is 7.87. The minimum Gasteiger partial charge on any atom is -0.479 e. The highest BCUT2D eigenvalue weighted by Crippen LogP contribution is 2.44. The van der Waals surface area contributed by atoms with Crippen molar-refractivity contribution in [3.63, 3.8) is 0 Å². The smallest absolute Gasteiger partial charge is 0.407 e. The van der Waals surface area contributed by atoms with Crippen molar-refractivity contribution in [3.05, 3.63) is 95.6 Å². The molecule has 0 unspecified atom stereocenters. The maximum absolute atomic E-state index is 13.0. The molecule has 0 aliphatic heterocycles. The van der Waals surface area contributed by atoms with Gasteiger partial charge in [0.25, 0.3) is 0 Å². The molecule has 5 rings (SSSR count). The fourth-order valence-electron chi connectivity index (χ4n) is 7.87. The lowest BCUT2D eigenvalue weighted by Crippen LogP contribution is -2.52.